The third-order valence-electron chi connectivity index (χ3n) is 3.94. The molecule has 1 aliphatic carbocycles. The molecule has 7 heteroatoms. The summed E-state index contributed by atoms with van der Waals surface area (Å²) in [6, 6.07) is 3.31. The number of rotatable bonds is 5. The second kappa shape index (κ2) is 6.51. The summed E-state index contributed by atoms with van der Waals surface area (Å²) in [7, 11) is 0. The van der Waals surface area contributed by atoms with Crippen molar-refractivity contribution in [2.75, 3.05) is 11.9 Å². The Kier molecular flexibility index (Phi) is 4.72. The summed E-state index contributed by atoms with van der Waals surface area (Å²) in [4.78, 5) is 21.5. The highest BCUT2D eigenvalue weighted by Gasteiger charge is 2.30. The van der Waals surface area contributed by atoms with Crippen LogP contribution in [0.3, 0.4) is 0 Å². The molecular formula is C14H17FN2O4. The third kappa shape index (κ3) is 3.68. The highest BCUT2D eigenvalue weighted by molar-refractivity contribution is 5.70. The second-order valence-electron chi connectivity index (χ2n) is 5.29. The summed E-state index contributed by atoms with van der Waals surface area (Å²) in [5.74, 6) is -1.99. The van der Waals surface area contributed by atoms with Crippen LogP contribution in [0.5, 0.6) is 0 Å². The van der Waals surface area contributed by atoms with E-state index in [2.05, 4.69) is 5.32 Å². The largest absolute Gasteiger partial charge is 0.481 e. The fraction of sp³-hybridized carbons (Fsp3) is 0.500. The van der Waals surface area contributed by atoms with E-state index in [9.17, 15) is 24.4 Å². The van der Waals surface area contributed by atoms with Gasteiger partial charge in [0.2, 0.25) is 0 Å². The average molecular weight is 296 g/mol. The number of hydrogen-bond donors (Lipinski definition) is 2. The number of nitro benzene ring substituents is 1. The van der Waals surface area contributed by atoms with Gasteiger partial charge in [0.25, 0.3) is 5.69 Å². The number of hydrogen-bond acceptors (Lipinski definition) is 4. The lowest BCUT2D eigenvalue weighted by molar-refractivity contribution is -0.384. The molecule has 1 aromatic rings. The first kappa shape index (κ1) is 15.2. The lowest BCUT2D eigenvalue weighted by atomic mass is 9.79. The maximum atomic E-state index is 13.1. The first-order valence-electron chi connectivity index (χ1n) is 6.89. The Morgan fingerprint density at radius 3 is 2.81 bits per heavy atom. The summed E-state index contributed by atoms with van der Waals surface area (Å²) in [6.07, 6.45) is 3.26. The number of carboxylic acids is 1. The van der Waals surface area contributed by atoms with E-state index in [-0.39, 0.29) is 17.3 Å². The number of nitrogens with zero attached hydrogens (tertiary/aromatic N) is 1. The molecule has 0 heterocycles. The van der Waals surface area contributed by atoms with Gasteiger partial charge in [0, 0.05) is 6.54 Å². The lowest BCUT2D eigenvalue weighted by Gasteiger charge is -2.28. The van der Waals surface area contributed by atoms with Crippen LogP contribution < -0.4 is 5.32 Å². The molecule has 1 aromatic carbocycles. The molecule has 0 saturated heterocycles. The predicted octanol–water partition coefficient (Wildman–Crippen LogP) is 3.04. The van der Waals surface area contributed by atoms with Crippen LogP contribution in [-0.4, -0.2) is 22.5 Å². The molecule has 1 saturated carbocycles. The van der Waals surface area contributed by atoms with Crippen LogP contribution in [-0.2, 0) is 4.79 Å². The van der Waals surface area contributed by atoms with Crippen molar-refractivity contribution in [1.29, 1.82) is 0 Å². The molecule has 2 rings (SSSR count). The Morgan fingerprint density at radius 1 is 1.43 bits per heavy atom. The van der Waals surface area contributed by atoms with Crippen molar-refractivity contribution in [3.05, 3.63) is 34.1 Å². The van der Waals surface area contributed by atoms with Gasteiger partial charge >= 0.3 is 5.97 Å². The third-order valence-corrected chi connectivity index (χ3v) is 3.94. The smallest absolute Gasteiger partial charge is 0.306 e. The van der Waals surface area contributed by atoms with Crippen molar-refractivity contribution in [1.82, 2.24) is 0 Å². The van der Waals surface area contributed by atoms with E-state index in [1.807, 2.05) is 0 Å². The molecule has 0 amide bonds. The van der Waals surface area contributed by atoms with Gasteiger partial charge in [-0.3, -0.25) is 14.9 Å². The molecular weight excluding hydrogens is 279 g/mol. The quantitative estimate of drug-likeness (QED) is 0.643. The SMILES string of the molecule is O=C(O)C1CCCCC1CNc1ccc(F)cc1[N+](=O)[O-]. The Balaban J connectivity index is 2.08. The Labute approximate surface area is 121 Å². The number of carbonyl (C=O) groups is 1. The number of aliphatic carboxylic acids is 1. The van der Waals surface area contributed by atoms with Gasteiger partial charge in [-0.25, -0.2) is 4.39 Å². The first-order valence-corrected chi connectivity index (χ1v) is 6.89. The summed E-state index contributed by atoms with van der Waals surface area (Å²) in [5, 5.41) is 23.0. The number of nitrogens with one attached hydrogen (secondary N) is 1. The molecule has 2 atom stereocenters. The van der Waals surface area contributed by atoms with E-state index >= 15 is 0 Å². The average Bonchev–Trinajstić information content (AvgIpc) is 2.46. The van der Waals surface area contributed by atoms with Crippen LogP contribution in [0.15, 0.2) is 18.2 Å². The zero-order valence-electron chi connectivity index (χ0n) is 11.4. The van der Waals surface area contributed by atoms with Gasteiger partial charge in [-0.1, -0.05) is 12.8 Å². The lowest BCUT2D eigenvalue weighted by Crippen LogP contribution is -2.31. The standard InChI is InChI=1S/C14H17FN2O4/c15-10-5-6-12(13(7-10)17(20)21)16-8-9-3-1-2-4-11(9)14(18)19/h5-7,9,11,16H,1-4,8H2,(H,18,19). The minimum atomic E-state index is -0.824. The van der Waals surface area contributed by atoms with Crippen molar-refractivity contribution in [2.24, 2.45) is 11.8 Å². The van der Waals surface area contributed by atoms with E-state index in [0.717, 1.165) is 31.4 Å². The highest BCUT2D eigenvalue weighted by atomic mass is 19.1. The van der Waals surface area contributed by atoms with Gasteiger partial charge in [-0.15, -0.1) is 0 Å². The second-order valence-corrected chi connectivity index (χ2v) is 5.29. The van der Waals surface area contributed by atoms with Crippen LogP contribution in [0, 0.1) is 27.8 Å². The molecule has 114 valence electrons. The highest BCUT2D eigenvalue weighted by Crippen LogP contribution is 2.32. The number of benzene rings is 1. The zero-order chi connectivity index (χ0) is 15.4. The summed E-state index contributed by atoms with van der Waals surface area (Å²) in [6.45, 7) is 0.337. The summed E-state index contributed by atoms with van der Waals surface area (Å²) in [5.41, 5.74) is -0.117. The van der Waals surface area contributed by atoms with Crippen LogP contribution in [0.25, 0.3) is 0 Å². The summed E-state index contributed by atoms with van der Waals surface area (Å²) < 4.78 is 13.1. The molecule has 0 spiro atoms. The molecule has 1 aliphatic rings. The van der Waals surface area contributed by atoms with Gasteiger partial charge in [-0.05, 0) is 30.9 Å². The van der Waals surface area contributed by atoms with E-state index in [4.69, 9.17) is 0 Å². The van der Waals surface area contributed by atoms with Gasteiger partial charge in [0.1, 0.15) is 11.5 Å². The molecule has 6 nitrogen and oxygen atoms in total. The maximum absolute atomic E-state index is 13.1. The molecule has 0 aromatic heterocycles. The molecule has 2 unspecified atom stereocenters. The van der Waals surface area contributed by atoms with Crippen LogP contribution in [0.2, 0.25) is 0 Å². The van der Waals surface area contributed by atoms with Crippen LogP contribution >= 0.6 is 0 Å². The minimum absolute atomic E-state index is 0.0686. The number of halogens is 1. The molecule has 21 heavy (non-hydrogen) atoms. The summed E-state index contributed by atoms with van der Waals surface area (Å²) >= 11 is 0. The molecule has 2 N–H and O–H groups in total. The van der Waals surface area contributed by atoms with E-state index in [1.54, 1.807) is 0 Å². The van der Waals surface area contributed by atoms with Crippen LogP contribution in [0.4, 0.5) is 15.8 Å². The van der Waals surface area contributed by atoms with Crippen molar-refractivity contribution in [2.45, 2.75) is 25.7 Å². The van der Waals surface area contributed by atoms with Crippen LogP contribution in [0.1, 0.15) is 25.7 Å². The number of carboxylic acid groups (broad SMARTS) is 1. The Bertz CT molecular complexity index is 550. The Morgan fingerprint density at radius 2 is 2.14 bits per heavy atom. The van der Waals surface area contributed by atoms with E-state index in [1.165, 1.54) is 6.07 Å². The minimum Gasteiger partial charge on any atom is -0.481 e. The molecule has 1 fully saturated rings. The fourth-order valence-corrected chi connectivity index (χ4v) is 2.82. The van der Waals surface area contributed by atoms with Crippen molar-refractivity contribution < 1.29 is 19.2 Å². The van der Waals surface area contributed by atoms with E-state index < -0.39 is 22.6 Å². The van der Waals surface area contributed by atoms with Gasteiger partial charge in [0.15, 0.2) is 0 Å². The monoisotopic (exact) mass is 296 g/mol. The molecule has 0 bridgehead atoms. The number of nitro groups is 1. The van der Waals surface area contributed by atoms with Crippen molar-refractivity contribution in [3.63, 3.8) is 0 Å². The van der Waals surface area contributed by atoms with Gasteiger partial charge in [-0.2, -0.15) is 0 Å². The predicted molar refractivity (Wildman–Crippen MR) is 74.6 cm³/mol. The zero-order valence-corrected chi connectivity index (χ0v) is 11.4. The first-order chi connectivity index (χ1) is 9.99. The van der Waals surface area contributed by atoms with Gasteiger partial charge < -0.3 is 10.4 Å². The van der Waals surface area contributed by atoms with Gasteiger partial charge in [0.05, 0.1) is 16.9 Å². The molecule has 0 radical (unpaired) electrons. The maximum Gasteiger partial charge on any atom is 0.306 e. The number of anilines is 1. The van der Waals surface area contributed by atoms with Crippen molar-refractivity contribution >= 4 is 17.3 Å². The van der Waals surface area contributed by atoms with E-state index in [0.29, 0.717) is 13.0 Å². The van der Waals surface area contributed by atoms with Crippen molar-refractivity contribution in [3.8, 4) is 0 Å². The Hall–Kier alpha value is -2.18. The molecule has 0 aliphatic heterocycles. The topological polar surface area (TPSA) is 92.5 Å². The fourth-order valence-electron chi connectivity index (χ4n) is 2.82. The normalized spacial score (nSPS) is 21.8.